The third-order valence-electron chi connectivity index (χ3n) is 3.33. The molecule has 2 N–H and O–H groups in total. The highest BCUT2D eigenvalue weighted by Gasteiger charge is 2.22. The van der Waals surface area contributed by atoms with Gasteiger partial charge in [-0.05, 0) is 31.4 Å². The lowest BCUT2D eigenvalue weighted by Gasteiger charge is -2.28. The van der Waals surface area contributed by atoms with Gasteiger partial charge in [-0.25, -0.2) is 0 Å². The first-order valence-electron chi connectivity index (χ1n) is 6.28. The molecular formula is C13H21NOS. The second-order valence-electron chi connectivity index (χ2n) is 4.56. The van der Waals surface area contributed by atoms with Crippen LogP contribution in [-0.4, -0.2) is 17.3 Å². The lowest BCUT2D eigenvalue weighted by Crippen LogP contribution is -2.41. The molecule has 1 aliphatic rings. The first-order chi connectivity index (χ1) is 7.79. The molecule has 16 heavy (non-hydrogen) atoms. The van der Waals surface area contributed by atoms with E-state index in [9.17, 15) is 5.11 Å². The van der Waals surface area contributed by atoms with Gasteiger partial charge < -0.3 is 10.4 Å². The summed E-state index contributed by atoms with van der Waals surface area (Å²) >= 11 is 1.88. The molecule has 0 spiro atoms. The summed E-state index contributed by atoms with van der Waals surface area (Å²) in [7, 11) is 0. The predicted molar refractivity (Wildman–Crippen MR) is 68.8 cm³/mol. The molecule has 0 aliphatic heterocycles. The number of hydrogen-bond donors (Lipinski definition) is 2. The molecule has 2 atom stereocenters. The van der Waals surface area contributed by atoms with E-state index in [-0.39, 0.29) is 6.10 Å². The summed E-state index contributed by atoms with van der Waals surface area (Å²) < 4.78 is 0. The third kappa shape index (κ3) is 3.06. The highest BCUT2D eigenvalue weighted by molar-refractivity contribution is 7.11. The Labute approximate surface area is 102 Å². The molecule has 0 amide bonds. The average Bonchev–Trinajstić information content (AvgIpc) is 2.76. The number of aryl methyl sites for hydroxylation is 1. The van der Waals surface area contributed by atoms with Gasteiger partial charge in [0.25, 0.3) is 0 Å². The lowest BCUT2D eigenvalue weighted by atomic mass is 9.92. The maximum absolute atomic E-state index is 9.84. The molecule has 90 valence electrons. The Kier molecular flexibility index (Phi) is 4.38. The van der Waals surface area contributed by atoms with Crippen LogP contribution in [0.1, 0.15) is 42.4 Å². The molecule has 1 aromatic rings. The van der Waals surface area contributed by atoms with Crippen molar-refractivity contribution in [1.82, 2.24) is 5.32 Å². The standard InChI is InChI=1S/C13H21NOS/c1-2-10-7-8-11(16-10)9-14-12-5-3-4-6-13(12)15/h7-8,12-15H,2-6,9H2,1H3/t12-,13-/m1/s1. The van der Waals surface area contributed by atoms with Crippen LogP contribution in [-0.2, 0) is 13.0 Å². The van der Waals surface area contributed by atoms with Gasteiger partial charge in [-0.3, -0.25) is 0 Å². The number of aliphatic hydroxyl groups is 1. The number of rotatable bonds is 4. The van der Waals surface area contributed by atoms with Crippen molar-refractivity contribution in [3.63, 3.8) is 0 Å². The Morgan fingerprint density at radius 3 is 2.75 bits per heavy atom. The van der Waals surface area contributed by atoms with E-state index in [1.807, 2.05) is 11.3 Å². The van der Waals surface area contributed by atoms with Gasteiger partial charge >= 0.3 is 0 Å². The SMILES string of the molecule is CCc1ccc(CN[C@@H]2CCCC[C@H]2O)s1. The summed E-state index contributed by atoms with van der Waals surface area (Å²) in [4.78, 5) is 2.83. The molecular weight excluding hydrogens is 218 g/mol. The number of aliphatic hydroxyl groups excluding tert-OH is 1. The minimum absolute atomic E-state index is 0.139. The van der Waals surface area contributed by atoms with Crippen LogP contribution in [0.4, 0.5) is 0 Å². The van der Waals surface area contributed by atoms with E-state index >= 15 is 0 Å². The van der Waals surface area contributed by atoms with Crippen LogP contribution in [0.25, 0.3) is 0 Å². The summed E-state index contributed by atoms with van der Waals surface area (Å²) in [5, 5.41) is 13.3. The summed E-state index contributed by atoms with van der Waals surface area (Å²) in [5.41, 5.74) is 0. The molecule has 1 aliphatic carbocycles. The van der Waals surface area contributed by atoms with Crippen molar-refractivity contribution in [2.75, 3.05) is 0 Å². The average molecular weight is 239 g/mol. The zero-order chi connectivity index (χ0) is 11.4. The van der Waals surface area contributed by atoms with Gasteiger partial charge in [-0.1, -0.05) is 19.8 Å². The lowest BCUT2D eigenvalue weighted by molar-refractivity contribution is 0.0904. The number of nitrogens with one attached hydrogen (secondary N) is 1. The number of thiophene rings is 1. The molecule has 2 rings (SSSR count). The summed E-state index contributed by atoms with van der Waals surface area (Å²) in [6, 6.07) is 4.71. The van der Waals surface area contributed by atoms with Crippen LogP contribution in [0.15, 0.2) is 12.1 Å². The Balaban J connectivity index is 1.81. The second kappa shape index (κ2) is 5.80. The topological polar surface area (TPSA) is 32.3 Å². The Hall–Kier alpha value is -0.380. The first-order valence-corrected chi connectivity index (χ1v) is 7.10. The van der Waals surface area contributed by atoms with E-state index in [1.54, 1.807) is 0 Å². The largest absolute Gasteiger partial charge is 0.392 e. The van der Waals surface area contributed by atoms with Crippen molar-refractivity contribution >= 4 is 11.3 Å². The van der Waals surface area contributed by atoms with E-state index < -0.39 is 0 Å². The Morgan fingerprint density at radius 2 is 2.06 bits per heavy atom. The van der Waals surface area contributed by atoms with Crippen LogP contribution < -0.4 is 5.32 Å². The fourth-order valence-electron chi connectivity index (χ4n) is 2.29. The highest BCUT2D eigenvalue weighted by atomic mass is 32.1. The maximum atomic E-state index is 9.84. The van der Waals surface area contributed by atoms with E-state index in [0.717, 1.165) is 25.8 Å². The fourth-order valence-corrected chi connectivity index (χ4v) is 3.20. The van der Waals surface area contributed by atoms with Crippen LogP contribution >= 0.6 is 11.3 Å². The first kappa shape index (κ1) is 12.1. The Morgan fingerprint density at radius 1 is 1.31 bits per heavy atom. The van der Waals surface area contributed by atoms with Gasteiger partial charge in [0.15, 0.2) is 0 Å². The molecule has 0 radical (unpaired) electrons. The predicted octanol–water partition coefficient (Wildman–Crippen LogP) is 2.70. The van der Waals surface area contributed by atoms with Gasteiger partial charge in [-0.2, -0.15) is 0 Å². The fraction of sp³-hybridized carbons (Fsp3) is 0.692. The minimum Gasteiger partial charge on any atom is -0.392 e. The summed E-state index contributed by atoms with van der Waals surface area (Å²) in [6.45, 7) is 3.10. The third-order valence-corrected chi connectivity index (χ3v) is 4.56. The van der Waals surface area contributed by atoms with E-state index in [0.29, 0.717) is 6.04 Å². The van der Waals surface area contributed by atoms with E-state index in [1.165, 1.54) is 22.6 Å². The maximum Gasteiger partial charge on any atom is 0.0693 e. The van der Waals surface area contributed by atoms with Crippen molar-refractivity contribution in [3.05, 3.63) is 21.9 Å². The molecule has 1 fully saturated rings. The second-order valence-corrected chi connectivity index (χ2v) is 5.81. The molecule has 0 saturated heterocycles. The zero-order valence-electron chi connectivity index (χ0n) is 9.91. The zero-order valence-corrected chi connectivity index (χ0v) is 10.7. The summed E-state index contributed by atoms with van der Waals surface area (Å²) in [5.74, 6) is 0. The van der Waals surface area contributed by atoms with Crippen molar-refractivity contribution in [2.45, 2.75) is 57.7 Å². The Bertz CT molecular complexity index is 323. The van der Waals surface area contributed by atoms with Crippen LogP contribution in [0.3, 0.4) is 0 Å². The number of hydrogen-bond acceptors (Lipinski definition) is 3. The monoisotopic (exact) mass is 239 g/mol. The molecule has 3 heteroatoms. The van der Waals surface area contributed by atoms with E-state index in [2.05, 4.69) is 24.4 Å². The van der Waals surface area contributed by atoms with Gasteiger partial charge in [0.05, 0.1) is 6.10 Å². The smallest absolute Gasteiger partial charge is 0.0693 e. The minimum atomic E-state index is -0.139. The molecule has 1 aromatic heterocycles. The van der Waals surface area contributed by atoms with Gasteiger partial charge in [0.2, 0.25) is 0 Å². The quantitative estimate of drug-likeness (QED) is 0.846. The van der Waals surface area contributed by atoms with Crippen LogP contribution in [0.2, 0.25) is 0 Å². The molecule has 0 bridgehead atoms. The van der Waals surface area contributed by atoms with Crippen molar-refractivity contribution < 1.29 is 5.11 Å². The van der Waals surface area contributed by atoms with Crippen molar-refractivity contribution in [1.29, 1.82) is 0 Å². The summed E-state index contributed by atoms with van der Waals surface area (Å²) in [6.07, 6.45) is 5.49. The van der Waals surface area contributed by atoms with Crippen molar-refractivity contribution in [3.8, 4) is 0 Å². The molecule has 0 unspecified atom stereocenters. The molecule has 1 saturated carbocycles. The molecule has 0 aromatic carbocycles. The van der Waals surface area contributed by atoms with Crippen molar-refractivity contribution in [2.24, 2.45) is 0 Å². The molecule has 1 heterocycles. The van der Waals surface area contributed by atoms with Crippen LogP contribution in [0, 0.1) is 0 Å². The van der Waals surface area contributed by atoms with Gasteiger partial charge in [0, 0.05) is 22.3 Å². The normalized spacial score (nSPS) is 25.9. The van der Waals surface area contributed by atoms with E-state index in [4.69, 9.17) is 0 Å². The van der Waals surface area contributed by atoms with Crippen LogP contribution in [0.5, 0.6) is 0 Å². The van der Waals surface area contributed by atoms with Gasteiger partial charge in [-0.15, -0.1) is 11.3 Å². The van der Waals surface area contributed by atoms with Gasteiger partial charge in [0.1, 0.15) is 0 Å². The molecule has 2 nitrogen and oxygen atoms in total. The highest BCUT2D eigenvalue weighted by Crippen LogP contribution is 2.20.